The van der Waals surface area contributed by atoms with Crippen molar-refractivity contribution in [3.63, 3.8) is 0 Å². The Morgan fingerprint density at radius 1 is 1.52 bits per heavy atom. The number of imidazole rings is 1. The number of fused-ring (bicyclic) bond motifs is 1. The number of carbonyl (C=O) groups excluding carboxylic acids is 1. The summed E-state index contributed by atoms with van der Waals surface area (Å²) in [6.45, 7) is 0.386. The van der Waals surface area contributed by atoms with Crippen LogP contribution in [0.4, 0.5) is 0 Å². The van der Waals surface area contributed by atoms with Gasteiger partial charge in [-0.25, -0.2) is 4.98 Å². The van der Waals surface area contributed by atoms with E-state index in [1.807, 2.05) is 22.2 Å². The van der Waals surface area contributed by atoms with E-state index in [9.17, 15) is 4.79 Å². The molecule has 108 valence electrons. The molecule has 0 aliphatic carbocycles. The van der Waals surface area contributed by atoms with Crippen LogP contribution in [-0.2, 0) is 6.54 Å². The van der Waals surface area contributed by atoms with Gasteiger partial charge in [0.05, 0.1) is 24.9 Å². The Morgan fingerprint density at radius 3 is 3.14 bits per heavy atom. The quantitative estimate of drug-likeness (QED) is 0.772. The standard InChI is InChI=1S/C14H12BrN3O2S/c1-20-10-2-3-12(15)11(6-10)13(19)16-7-9-8-18-4-5-21-14(18)17-9/h2-6,8H,7H2,1H3,(H,16,19). The molecule has 0 radical (unpaired) electrons. The molecule has 3 aromatic rings. The van der Waals surface area contributed by atoms with Crippen molar-refractivity contribution in [1.82, 2.24) is 14.7 Å². The van der Waals surface area contributed by atoms with E-state index in [1.165, 1.54) is 0 Å². The van der Waals surface area contributed by atoms with E-state index in [4.69, 9.17) is 4.74 Å². The molecule has 7 heteroatoms. The van der Waals surface area contributed by atoms with Gasteiger partial charge >= 0.3 is 0 Å². The lowest BCUT2D eigenvalue weighted by Crippen LogP contribution is -2.23. The van der Waals surface area contributed by atoms with Gasteiger partial charge in [0, 0.05) is 22.2 Å². The average molecular weight is 366 g/mol. The van der Waals surface area contributed by atoms with Gasteiger partial charge in [-0.1, -0.05) is 0 Å². The van der Waals surface area contributed by atoms with Crippen LogP contribution in [0.5, 0.6) is 5.75 Å². The van der Waals surface area contributed by atoms with Crippen LogP contribution in [0.15, 0.2) is 40.4 Å². The van der Waals surface area contributed by atoms with Gasteiger partial charge in [0.15, 0.2) is 4.96 Å². The molecule has 2 aromatic heterocycles. The number of amides is 1. The zero-order valence-electron chi connectivity index (χ0n) is 11.2. The molecular formula is C14H12BrN3O2S. The van der Waals surface area contributed by atoms with Crippen molar-refractivity contribution in [3.8, 4) is 5.75 Å². The number of rotatable bonds is 4. The predicted octanol–water partition coefficient (Wildman–Crippen LogP) is 3.10. The number of nitrogens with zero attached hydrogens (tertiary/aromatic N) is 2. The molecule has 0 bridgehead atoms. The lowest BCUT2D eigenvalue weighted by atomic mass is 10.2. The summed E-state index contributed by atoms with van der Waals surface area (Å²) in [6.07, 6.45) is 3.85. The molecule has 1 amide bonds. The van der Waals surface area contributed by atoms with Crippen molar-refractivity contribution in [1.29, 1.82) is 0 Å². The highest BCUT2D eigenvalue weighted by Gasteiger charge is 2.12. The Bertz CT molecular complexity index is 768. The van der Waals surface area contributed by atoms with E-state index >= 15 is 0 Å². The second-order valence-electron chi connectivity index (χ2n) is 4.35. The molecule has 3 rings (SSSR count). The van der Waals surface area contributed by atoms with Crippen LogP contribution in [0.1, 0.15) is 16.1 Å². The third kappa shape index (κ3) is 2.93. The van der Waals surface area contributed by atoms with Crippen LogP contribution < -0.4 is 10.1 Å². The minimum Gasteiger partial charge on any atom is -0.497 e. The second kappa shape index (κ2) is 5.87. The van der Waals surface area contributed by atoms with Gasteiger partial charge in [-0.05, 0) is 34.1 Å². The summed E-state index contributed by atoms with van der Waals surface area (Å²) in [7, 11) is 1.57. The van der Waals surface area contributed by atoms with E-state index in [-0.39, 0.29) is 5.91 Å². The summed E-state index contributed by atoms with van der Waals surface area (Å²) in [5.41, 5.74) is 1.37. The Kier molecular flexibility index (Phi) is 3.94. The first-order valence-electron chi connectivity index (χ1n) is 6.20. The highest BCUT2D eigenvalue weighted by molar-refractivity contribution is 9.10. The number of ether oxygens (including phenoxy) is 1. The highest BCUT2D eigenvalue weighted by atomic mass is 79.9. The molecule has 0 unspecified atom stereocenters. The van der Waals surface area contributed by atoms with Crippen molar-refractivity contribution in [3.05, 3.63) is 51.7 Å². The van der Waals surface area contributed by atoms with E-state index < -0.39 is 0 Å². The molecule has 0 saturated carbocycles. The van der Waals surface area contributed by atoms with Crippen molar-refractivity contribution in [2.24, 2.45) is 0 Å². The van der Waals surface area contributed by atoms with Gasteiger partial charge in [-0.15, -0.1) is 11.3 Å². The fourth-order valence-corrected chi connectivity index (χ4v) is 3.08. The summed E-state index contributed by atoms with van der Waals surface area (Å²) < 4.78 is 7.80. The van der Waals surface area contributed by atoms with Crippen molar-refractivity contribution < 1.29 is 9.53 Å². The van der Waals surface area contributed by atoms with E-state index in [2.05, 4.69) is 26.2 Å². The van der Waals surface area contributed by atoms with Gasteiger partial charge in [-0.3, -0.25) is 9.20 Å². The maximum atomic E-state index is 12.2. The van der Waals surface area contributed by atoms with E-state index in [1.54, 1.807) is 36.6 Å². The Morgan fingerprint density at radius 2 is 2.38 bits per heavy atom. The van der Waals surface area contributed by atoms with Crippen molar-refractivity contribution >= 4 is 38.1 Å². The number of methoxy groups -OCH3 is 1. The van der Waals surface area contributed by atoms with Gasteiger partial charge in [0.2, 0.25) is 0 Å². The highest BCUT2D eigenvalue weighted by Crippen LogP contribution is 2.22. The molecule has 0 atom stereocenters. The maximum Gasteiger partial charge on any atom is 0.252 e. The first-order valence-corrected chi connectivity index (χ1v) is 7.87. The number of carbonyl (C=O) groups is 1. The first-order chi connectivity index (χ1) is 10.2. The van der Waals surface area contributed by atoms with Gasteiger partial charge in [-0.2, -0.15) is 0 Å². The summed E-state index contributed by atoms with van der Waals surface area (Å²) >= 11 is 4.94. The van der Waals surface area contributed by atoms with Crippen molar-refractivity contribution in [2.45, 2.75) is 6.54 Å². The van der Waals surface area contributed by atoms with Crippen LogP contribution in [0.25, 0.3) is 4.96 Å². The fourth-order valence-electron chi connectivity index (χ4n) is 1.93. The monoisotopic (exact) mass is 365 g/mol. The van der Waals surface area contributed by atoms with Crippen molar-refractivity contribution in [2.75, 3.05) is 7.11 Å². The number of halogens is 1. The van der Waals surface area contributed by atoms with Crippen LogP contribution in [0.3, 0.4) is 0 Å². The van der Waals surface area contributed by atoms with Crippen LogP contribution in [0, 0.1) is 0 Å². The maximum absolute atomic E-state index is 12.2. The molecular weight excluding hydrogens is 354 g/mol. The third-order valence-corrected chi connectivity index (χ3v) is 4.45. The Hall–Kier alpha value is -1.86. The minimum atomic E-state index is -0.169. The van der Waals surface area contributed by atoms with Crippen LogP contribution >= 0.6 is 27.3 Å². The molecule has 0 aliphatic heterocycles. The molecule has 1 aromatic carbocycles. The SMILES string of the molecule is COc1ccc(Br)c(C(=O)NCc2cn3ccsc3n2)c1. The fraction of sp³-hybridized carbons (Fsp3) is 0.143. The molecule has 0 saturated heterocycles. The molecule has 2 heterocycles. The summed E-state index contributed by atoms with van der Waals surface area (Å²) in [5.74, 6) is 0.475. The Balaban J connectivity index is 1.72. The number of hydrogen-bond acceptors (Lipinski definition) is 4. The minimum absolute atomic E-state index is 0.169. The number of hydrogen-bond donors (Lipinski definition) is 1. The molecule has 1 N–H and O–H groups in total. The molecule has 0 spiro atoms. The average Bonchev–Trinajstić information content (AvgIpc) is 3.06. The number of nitrogens with one attached hydrogen (secondary N) is 1. The number of thiazole rings is 1. The summed E-state index contributed by atoms with van der Waals surface area (Å²) in [4.78, 5) is 17.6. The van der Waals surface area contributed by atoms with Crippen LogP contribution in [0.2, 0.25) is 0 Å². The third-order valence-electron chi connectivity index (χ3n) is 2.99. The lowest BCUT2D eigenvalue weighted by molar-refractivity contribution is 0.0949. The van der Waals surface area contributed by atoms with Gasteiger partial charge in [0.1, 0.15) is 5.75 Å². The molecule has 0 fully saturated rings. The predicted molar refractivity (Wildman–Crippen MR) is 84.9 cm³/mol. The van der Waals surface area contributed by atoms with E-state index in [0.29, 0.717) is 17.9 Å². The summed E-state index contributed by atoms with van der Waals surface area (Å²) in [6, 6.07) is 5.29. The van der Waals surface area contributed by atoms with Gasteiger partial charge in [0.25, 0.3) is 5.91 Å². The zero-order chi connectivity index (χ0) is 14.8. The number of benzene rings is 1. The first kappa shape index (κ1) is 14.1. The molecule has 5 nitrogen and oxygen atoms in total. The topological polar surface area (TPSA) is 55.6 Å². The van der Waals surface area contributed by atoms with E-state index in [0.717, 1.165) is 15.1 Å². The normalized spacial score (nSPS) is 10.8. The smallest absolute Gasteiger partial charge is 0.252 e. The second-order valence-corrected chi connectivity index (χ2v) is 6.08. The Labute approximate surface area is 133 Å². The van der Waals surface area contributed by atoms with Gasteiger partial charge < -0.3 is 10.1 Å². The zero-order valence-corrected chi connectivity index (χ0v) is 13.6. The molecule has 21 heavy (non-hydrogen) atoms. The number of aromatic nitrogens is 2. The lowest BCUT2D eigenvalue weighted by Gasteiger charge is -2.07. The summed E-state index contributed by atoms with van der Waals surface area (Å²) in [5, 5.41) is 4.83. The van der Waals surface area contributed by atoms with Crippen LogP contribution in [-0.4, -0.2) is 22.4 Å². The molecule has 0 aliphatic rings. The largest absolute Gasteiger partial charge is 0.497 e.